The van der Waals surface area contributed by atoms with E-state index in [0.29, 0.717) is 30.3 Å². The van der Waals surface area contributed by atoms with Crippen LogP contribution in [0.3, 0.4) is 0 Å². The van der Waals surface area contributed by atoms with Gasteiger partial charge in [-0.05, 0) is 36.5 Å². The Morgan fingerprint density at radius 2 is 1.92 bits per heavy atom. The van der Waals surface area contributed by atoms with Crippen molar-refractivity contribution in [2.45, 2.75) is 12.8 Å². The van der Waals surface area contributed by atoms with E-state index in [1.165, 1.54) is 0 Å². The Bertz CT molecular complexity index is 188. The predicted octanol–water partition coefficient (Wildman–Crippen LogP) is 0.799. The van der Waals surface area contributed by atoms with Gasteiger partial charge in [-0.1, -0.05) is 12.2 Å². The summed E-state index contributed by atoms with van der Waals surface area (Å²) < 4.78 is 0. The molecule has 1 saturated carbocycles. The fraction of sp³-hybridized carbons (Fsp3) is 0.800. The highest BCUT2D eigenvalue weighted by Crippen LogP contribution is 2.47. The second-order valence-corrected chi connectivity index (χ2v) is 4.03. The molecule has 68 valence electrons. The molecule has 0 spiro atoms. The molecule has 0 amide bonds. The van der Waals surface area contributed by atoms with Crippen LogP contribution < -0.4 is 0 Å². The van der Waals surface area contributed by atoms with Crippen molar-refractivity contribution in [2.75, 3.05) is 13.2 Å². The first-order valence-corrected chi connectivity index (χ1v) is 4.75. The second-order valence-electron chi connectivity index (χ2n) is 4.03. The Morgan fingerprint density at radius 1 is 1.17 bits per heavy atom. The van der Waals surface area contributed by atoms with Crippen molar-refractivity contribution in [3.8, 4) is 0 Å². The number of aliphatic hydroxyl groups is 2. The third-order valence-corrected chi connectivity index (χ3v) is 3.49. The molecular formula is C10H16O2. The first kappa shape index (κ1) is 8.27. The first-order valence-electron chi connectivity index (χ1n) is 4.75. The molecule has 12 heavy (non-hydrogen) atoms. The van der Waals surface area contributed by atoms with E-state index in [0.717, 1.165) is 12.8 Å². The molecule has 0 bridgehead atoms. The van der Waals surface area contributed by atoms with Crippen molar-refractivity contribution in [3.05, 3.63) is 12.2 Å². The molecule has 2 aliphatic rings. The minimum Gasteiger partial charge on any atom is -0.396 e. The lowest BCUT2D eigenvalue weighted by molar-refractivity contribution is 0.189. The smallest absolute Gasteiger partial charge is 0.0465 e. The molecule has 2 N–H and O–H groups in total. The molecule has 0 aromatic heterocycles. The van der Waals surface area contributed by atoms with E-state index in [4.69, 9.17) is 10.2 Å². The summed E-state index contributed by atoms with van der Waals surface area (Å²) in [7, 11) is 0. The number of fused-ring (bicyclic) bond motifs is 1. The van der Waals surface area contributed by atoms with Crippen molar-refractivity contribution < 1.29 is 10.2 Å². The van der Waals surface area contributed by atoms with Crippen LogP contribution in [0.4, 0.5) is 0 Å². The maximum atomic E-state index is 9.12. The number of aliphatic hydroxyl groups excluding tert-OH is 2. The monoisotopic (exact) mass is 168 g/mol. The highest BCUT2D eigenvalue weighted by atomic mass is 16.3. The Balaban J connectivity index is 2.09. The summed E-state index contributed by atoms with van der Waals surface area (Å²) in [4.78, 5) is 0. The molecule has 0 aromatic carbocycles. The molecule has 0 aromatic rings. The summed E-state index contributed by atoms with van der Waals surface area (Å²) in [6, 6.07) is 0. The molecule has 1 fully saturated rings. The van der Waals surface area contributed by atoms with Crippen LogP contribution in [0.1, 0.15) is 12.8 Å². The van der Waals surface area contributed by atoms with E-state index in [1.54, 1.807) is 0 Å². The molecule has 4 unspecified atom stereocenters. The van der Waals surface area contributed by atoms with Gasteiger partial charge in [0, 0.05) is 13.2 Å². The maximum absolute atomic E-state index is 9.12. The van der Waals surface area contributed by atoms with Gasteiger partial charge >= 0.3 is 0 Å². The van der Waals surface area contributed by atoms with Crippen LogP contribution in [0.5, 0.6) is 0 Å². The van der Waals surface area contributed by atoms with E-state index >= 15 is 0 Å². The van der Waals surface area contributed by atoms with Gasteiger partial charge in [0.05, 0.1) is 0 Å². The zero-order valence-electron chi connectivity index (χ0n) is 7.19. The summed E-state index contributed by atoms with van der Waals surface area (Å²) in [6.45, 7) is 0.571. The van der Waals surface area contributed by atoms with Gasteiger partial charge < -0.3 is 10.2 Å². The van der Waals surface area contributed by atoms with Gasteiger partial charge in [0.15, 0.2) is 0 Å². The molecule has 2 nitrogen and oxygen atoms in total. The van der Waals surface area contributed by atoms with Crippen molar-refractivity contribution >= 4 is 0 Å². The predicted molar refractivity (Wildman–Crippen MR) is 46.5 cm³/mol. The fourth-order valence-electron chi connectivity index (χ4n) is 2.83. The summed E-state index contributed by atoms with van der Waals surface area (Å²) in [5.74, 6) is 2.01. The summed E-state index contributed by atoms with van der Waals surface area (Å²) >= 11 is 0. The summed E-state index contributed by atoms with van der Waals surface area (Å²) in [5, 5.41) is 18.2. The molecule has 0 aliphatic heterocycles. The Labute approximate surface area is 72.9 Å². The SMILES string of the molecule is OCC1CC(CO)C2CC=CC12. The summed E-state index contributed by atoms with van der Waals surface area (Å²) in [6.07, 6.45) is 6.53. The van der Waals surface area contributed by atoms with E-state index in [9.17, 15) is 0 Å². The third kappa shape index (κ3) is 1.10. The minimum absolute atomic E-state index is 0.280. The van der Waals surface area contributed by atoms with E-state index in [1.807, 2.05) is 0 Å². The van der Waals surface area contributed by atoms with Crippen LogP contribution >= 0.6 is 0 Å². The highest BCUT2D eigenvalue weighted by Gasteiger charge is 2.42. The van der Waals surface area contributed by atoms with Crippen molar-refractivity contribution in [1.29, 1.82) is 0 Å². The fourth-order valence-corrected chi connectivity index (χ4v) is 2.83. The Morgan fingerprint density at radius 3 is 2.58 bits per heavy atom. The zero-order valence-corrected chi connectivity index (χ0v) is 7.19. The number of rotatable bonds is 2. The number of hydrogen-bond acceptors (Lipinski definition) is 2. The van der Waals surface area contributed by atoms with Gasteiger partial charge in [0.1, 0.15) is 0 Å². The van der Waals surface area contributed by atoms with Crippen LogP contribution in [0.25, 0.3) is 0 Å². The van der Waals surface area contributed by atoms with Gasteiger partial charge in [-0.15, -0.1) is 0 Å². The molecular weight excluding hydrogens is 152 g/mol. The van der Waals surface area contributed by atoms with Gasteiger partial charge in [-0.25, -0.2) is 0 Å². The van der Waals surface area contributed by atoms with Crippen LogP contribution in [0.2, 0.25) is 0 Å². The molecule has 0 heterocycles. The average Bonchev–Trinajstić information content (AvgIpc) is 2.63. The normalized spacial score (nSPS) is 45.2. The van der Waals surface area contributed by atoms with Crippen molar-refractivity contribution in [1.82, 2.24) is 0 Å². The van der Waals surface area contributed by atoms with Crippen LogP contribution in [0.15, 0.2) is 12.2 Å². The van der Waals surface area contributed by atoms with Gasteiger partial charge in [-0.3, -0.25) is 0 Å². The van der Waals surface area contributed by atoms with Crippen molar-refractivity contribution in [3.63, 3.8) is 0 Å². The number of allylic oxidation sites excluding steroid dienone is 2. The molecule has 2 rings (SSSR count). The van der Waals surface area contributed by atoms with Crippen LogP contribution in [-0.2, 0) is 0 Å². The van der Waals surface area contributed by atoms with Gasteiger partial charge in [0.25, 0.3) is 0 Å². The zero-order chi connectivity index (χ0) is 8.55. The molecule has 4 atom stereocenters. The topological polar surface area (TPSA) is 40.5 Å². The molecule has 2 heteroatoms. The number of hydrogen-bond donors (Lipinski definition) is 2. The third-order valence-electron chi connectivity index (χ3n) is 3.49. The van der Waals surface area contributed by atoms with Crippen molar-refractivity contribution in [2.24, 2.45) is 23.7 Å². The van der Waals surface area contributed by atoms with E-state index < -0.39 is 0 Å². The lowest BCUT2D eigenvalue weighted by Crippen LogP contribution is -2.14. The molecule has 0 saturated heterocycles. The highest BCUT2D eigenvalue weighted by molar-refractivity contribution is 5.09. The Kier molecular flexibility index (Phi) is 2.20. The summed E-state index contributed by atoms with van der Waals surface area (Å²) in [5.41, 5.74) is 0. The van der Waals surface area contributed by atoms with Crippen LogP contribution in [-0.4, -0.2) is 23.4 Å². The minimum atomic E-state index is 0.280. The van der Waals surface area contributed by atoms with Crippen LogP contribution in [0, 0.1) is 23.7 Å². The maximum Gasteiger partial charge on any atom is 0.0465 e. The lowest BCUT2D eigenvalue weighted by Gasteiger charge is -2.16. The van der Waals surface area contributed by atoms with E-state index in [2.05, 4.69) is 12.2 Å². The lowest BCUT2D eigenvalue weighted by atomic mass is 9.90. The standard InChI is InChI=1S/C10H16O2/c11-5-7-4-8(6-12)10-3-1-2-9(7)10/h1-2,7-12H,3-6H2. The molecule has 0 radical (unpaired) electrons. The van der Waals surface area contributed by atoms with E-state index in [-0.39, 0.29) is 6.61 Å². The average molecular weight is 168 g/mol. The first-order chi connectivity index (χ1) is 5.86. The Hall–Kier alpha value is -0.340. The van der Waals surface area contributed by atoms with Gasteiger partial charge in [0.2, 0.25) is 0 Å². The molecule has 2 aliphatic carbocycles. The van der Waals surface area contributed by atoms with Gasteiger partial charge in [-0.2, -0.15) is 0 Å². The largest absolute Gasteiger partial charge is 0.396 e. The quantitative estimate of drug-likeness (QED) is 0.599. The second kappa shape index (κ2) is 3.19.